The molecule has 3 nitrogen and oxygen atoms in total. The van der Waals surface area contributed by atoms with Gasteiger partial charge >= 0.3 is 0 Å². The molecule has 0 aromatic heterocycles. The van der Waals surface area contributed by atoms with E-state index < -0.39 is 0 Å². The monoisotopic (exact) mass is 266 g/mol. The molecule has 0 unspecified atom stereocenters. The highest BCUT2D eigenvalue weighted by molar-refractivity contribution is 5.50. The van der Waals surface area contributed by atoms with Crippen LogP contribution in [0.4, 0.5) is 10.1 Å². The van der Waals surface area contributed by atoms with Crippen molar-refractivity contribution in [3.8, 4) is 0 Å². The van der Waals surface area contributed by atoms with Crippen molar-refractivity contribution in [2.45, 2.75) is 32.9 Å². The first-order valence-electron chi connectivity index (χ1n) is 6.89. The van der Waals surface area contributed by atoms with Gasteiger partial charge in [0.25, 0.3) is 0 Å². The lowest BCUT2D eigenvalue weighted by Crippen LogP contribution is -2.48. The summed E-state index contributed by atoms with van der Waals surface area (Å²) in [5, 5.41) is 3.23. The molecule has 1 aliphatic rings. The summed E-state index contributed by atoms with van der Waals surface area (Å²) in [5.74, 6) is -0.172. The molecule has 1 aromatic rings. The summed E-state index contributed by atoms with van der Waals surface area (Å²) in [6.45, 7) is 10.1. The third-order valence-corrected chi connectivity index (χ3v) is 3.31. The standard InChI is InChI=1S/C15H23FN2O/c1-4-17-10-12-7-13(16)9-14(8-12)18-5-6-19-15(2,3)11-18/h7-9,17H,4-6,10-11H2,1-3H3. The van der Waals surface area contributed by atoms with E-state index in [1.54, 1.807) is 12.1 Å². The smallest absolute Gasteiger partial charge is 0.125 e. The quantitative estimate of drug-likeness (QED) is 0.906. The minimum Gasteiger partial charge on any atom is -0.372 e. The van der Waals surface area contributed by atoms with Crippen molar-refractivity contribution in [3.63, 3.8) is 0 Å². The molecule has 0 aliphatic carbocycles. The van der Waals surface area contributed by atoms with Crippen LogP contribution in [0.5, 0.6) is 0 Å². The number of benzene rings is 1. The van der Waals surface area contributed by atoms with Gasteiger partial charge in [-0.25, -0.2) is 4.39 Å². The van der Waals surface area contributed by atoms with Crippen LogP contribution in [-0.2, 0) is 11.3 Å². The Bertz CT molecular complexity index is 434. The molecule has 1 fully saturated rings. The second kappa shape index (κ2) is 5.88. The summed E-state index contributed by atoms with van der Waals surface area (Å²) in [6, 6.07) is 5.27. The molecule has 2 rings (SSSR count). The van der Waals surface area contributed by atoms with Crippen LogP contribution < -0.4 is 10.2 Å². The van der Waals surface area contributed by atoms with E-state index in [0.29, 0.717) is 13.2 Å². The fourth-order valence-electron chi connectivity index (χ4n) is 2.42. The van der Waals surface area contributed by atoms with Crippen LogP contribution in [0.1, 0.15) is 26.3 Å². The van der Waals surface area contributed by atoms with Crippen LogP contribution >= 0.6 is 0 Å². The molecule has 0 amide bonds. The Kier molecular flexibility index (Phi) is 4.42. The second-order valence-corrected chi connectivity index (χ2v) is 5.63. The Labute approximate surface area is 114 Å². The lowest BCUT2D eigenvalue weighted by atomic mass is 10.1. The number of rotatable bonds is 4. The van der Waals surface area contributed by atoms with Crippen molar-refractivity contribution in [1.82, 2.24) is 5.32 Å². The average molecular weight is 266 g/mol. The number of hydrogen-bond acceptors (Lipinski definition) is 3. The van der Waals surface area contributed by atoms with Crippen LogP contribution in [0.15, 0.2) is 18.2 Å². The van der Waals surface area contributed by atoms with E-state index in [9.17, 15) is 4.39 Å². The van der Waals surface area contributed by atoms with E-state index in [4.69, 9.17) is 4.74 Å². The van der Waals surface area contributed by atoms with Crippen molar-refractivity contribution in [2.24, 2.45) is 0 Å². The number of halogens is 1. The zero-order chi connectivity index (χ0) is 13.9. The van der Waals surface area contributed by atoms with Crippen LogP contribution in [0.3, 0.4) is 0 Å². The van der Waals surface area contributed by atoms with Gasteiger partial charge in [-0.05, 0) is 44.2 Å². The van der Waals surface area contributed by atoms with Crippen molar-refractivity contribution in [1.29, 1.82) is 0 Å². The summed E-state index contributed by atoms with van der Waals surface area (Å²) in [5.41, 5.74) is 1.76. The second-order valence-electron chi connectivity index (χ2n) is 5.63. The number of ether oxygens (including phenoxy) is 1. The summed E-state index contributed by atoms with van der Waals surface area (Å²) in [7, 11) is 0. The van der Waals surface area contributed by atoms with Crippen LogP contribution in [0.2, 0.25) is 0 Å². The Morgan fingerprint density at radius 1 is 1.37 bits per heavy atom. The highest BCUT2D eigenvalue weighted by Gasteiger charge is 2.27. The third-order valence-electron chi connectivity index (χ3n) is 3.31. The van der Waals surface area contributed by atoms with E-state index in [1.165, 1.54) is 0 Å². The van der Waals surface area contributed by atoms with E-state index in [1.807, 2.05) is 6.92 Å². The van der Waals surface area contributed by atoms with E-state index >= 15 is 0 Å². The molecule has 0 spiro atoms. The maximum atomic E-state index is 13.7. The molecule has 4 heteroatoms. The molecule has 1 aliphatic heterocycles. The van der Waals surface area contributed by atoms with E-state index in [2.05, 4.69) is 30.1 Å². The lowest BCUT2D eigenvalue weighted by Gasteiger charge is -2.39. The molecular formula is C15H23FN2O. The predicted octanol–water partition coefficient (Wildman–Crippen LogP) is 2.55. The van der Waals surface area contributed by atoms with Gasteiger partial charge in [0.1, 0.15) is 5.82 Å². The van der Waals surface area contributed by atoms with Gasteiger partial charge in [0, 0.05) is 25.3 Å². The summed E-state index contributed by atoms with van der Waals surface area (Å²) in [6.07, 6.45) is 0. The van der Waals surface area contributed by atoms with Crippen LogP contribution in [0.25, 0.3) is 0 Å². The molecule has 0 atom stereocenters. The maximum Gasteiger partial charge on any atom is 0.125 e. The molecule has 1 saturated heterocycles. The number of nitrogens with zero attached hydrogens (tertiary/aromatic N) is 1. The predicted molar refractivity (Wildman–Crippen MR) is 76.0 cm³/mol. The minimum absolute atomic E-state index is 0.172. The van der Waals surface area contributed by atoms with Crippen molar-refractivity contribution >= 4 is 5.69 Å². The third kappa shape index (κ3) is 3.91. The van der Waals surface area contributed by atoms with Gasteiger partial charge < -0.3 is 15.0 Å². The van der Waals surface area contributed by atoms with Crippen molar-refractivity contribution in [3.05, 3.63) is 29.6 Å². The first-order valence-corrected chi connectivity index (χ1v) is 6.89. The number of anilines is 1. The Hall–Kier alpha value is -1.13. The number of morpholine rings is 1. The Balaban J connectivity index is 2.16. The average Bonchev–Trinajstić information content (AvgIpc) is 2.34. The Morgan fingerprint density at radius 2 is 2.16 bits per heavy atom. The normalized spacial score (nSPS) is 18.6. The van der Waals surface area contributed by atoms with Crippen LogP contribution in [0, 0.1) is 5.82 Å². The first-order chi connectivity index (χ1) is 9.00. The topological polar surface area (TPSA) is 24.5 Å². The van der Waals surface area contributed by atoms with Crippen molar-refractivity contribution < 1.29 is 9.13 Å². The van der Waals surface area contributed by atoms with Gasteiger partial charge in [0.15, 0.2) is 0 Å². The SMILES string of the molecule is CCNCc1cc(F)cc(N2CCOC(C)(C)C2)c1. The van der Waals surface area contributed by atoms with Gasteiger partial charge in [0.2, 0.25) is 0 Å². The summed E-state index contributed by atoms with van der Waals surface area (Å²) < 4.78 is 19.4. The molecule has 0 saturated carbocycles. The zero-order valence-corrected chi connectivity index (χ0v) is 12.0. The molecule has 1 N–H and O–H groups in total. The molecule has 1 aromatic carbocycles. The zero-order valence-electron chi connectivity index (χ0n) is 12.0. The highest BCUT2D eigenvalue weighted by Crippen LogP contribution is 2.25. The molecule has 19 heavy (non-hydrogen) atoms. The van der Waals surface area contributed by atoms with Crippen LogP contribution in [-0.4, -0.2) is 31.8 Å². The van der Waals surface area contributed by atoms with E-state index in [-0.39, 0.29) is 11.4 Å². The van der Waals surface area contributed by atoms with Gasteiger partial charge in [0.05, 0.1) is 12.2 Å². The van der Waals surface area contributed by atoms with Gasteiger partial charge in [-0.15, -0.1) is 0 Å². The Morgan fingerprint density at radius 3 is 2.84 bits per heavy atom. The lowest BCUT2D eigenvalue weighted by molar-refractivity contribution is -0.0277. The first kappa shape index (κ1) is 14.3. The number of hydrogen-bond donors (Lipinski definition) is 1. The fraction of sp³-hybridized carbons (Fsp3) is 0.600. The summed E-state index contributed by atoms with van der Waals surface area (Å²) in [4.78, 5) is 2.20. The minimum atomic E-state index is -0.174. The maximum absolute atomic E-state index is 13.7. The van der Waals surface area contributed by atoms with Gasteiger partial charge in [-0.2, -0.15) is 0 Å². The number of nitrogens with one attached hydrogen (secondary N) is 1. The highest BCUT2D eigenvalue weighted by atomic mass is 19.1. The fourth-order valence-corrected chi connectivity index (χ4v) is 2.42. The molecular weight excluding hydrogens is 243 g/mol. The van der Waals surface area contributed by atoms with Gasteiger partial charge in [-0.1, -0.05) is 6.92 Å². The molecule has 106 valence electrons. The van der Waals surface area contributed by atoms with Crippen molar-refractivity contribution in [2.75, 3.05) is 31.1 Å². The molecule has 0 bridgehead atoms. The molecule has 0 radical (unpaired) electrons. The summed E-state index contributed by atoms with van der Waals surface area (Å²) >= 11 is 0. The van der Waals surface area contributed by atoms with Gasteiger partial charge in [-0.3, -0.25) is 0 Å². The molecule has 1 heterocycles. The van der Waals surface area contributed by atoms with E-state index in [0.717, 1.165) is 30.9 Å². The largest absolute Gasteiger partial charge is 0.372 e.